The van der Waals surface area contributed by atoms with E-state index in [9.17, 15) is 23.9 Å². The summed E-state index contributed by atoms with van der Waals surface area (Å²) in [4.78, 5) is 42.9. The Morgan fingerprint density at radius 1 is 1.10 bits per heavy atom. The van der Waals surface area contributed by atoms with Gasteiger partial charge >= 0.3 is 6.09 Å². The monoisotopic (exact) mass is 747 g/mol. The van der Waals surface area contributed by atoms with Crippen LogP contribution in [0, 0.1) is 0 Å². The summed E-state index contributed by atoms with van der Waals surface area (Å²) < 4.78 is 22.7. The van der Waals surface area contributed by atoms with E-state index in [0.717, 1.165) is 0 Å². The predicted molar refractivity (Wildman–Crippen MR) is 195 cm³/mol. The van der Waals surface area contributed by atoms with Crippen molar-refractivity contribution >= 4 is 40.7 Å². The number of aromatic nitrogens is 4. The SMILES string of the molecule is COc1nc(-c2cccc(-c3cccc(-c4cc5c(=O)n(C)c(CNCC6(F)CC6)nn5c4)c3Cl)c2Cl)ccc1CN(CC1CCC(=O)N1)C(=O)O. The Morgan fingerprint density at radius 3 is 2.44 bits per heavy atom. The molecule has 1 aliphatic heterocycles. The average Bonchev–Trinajstić information content (AvgIpc) is 3.48. The number of carbonyl (C=O) groups is 2. The minimum absolute atomic E-state index is 0.0168. The van der Waals surface area contributed by atoms with Crippen molar-refractivity contribution in [1.29, 1.82) is 0 Å². The molecule has 3 aromatic heterocycles. The fourth-order valence-corrected chi connectivity index (χ4v) is 7.16. The van der Waals surface area contributed by atoms with Crippen LogP contribution in [-0.4, -0.2) is 73.1 Å². The van der Waals surface area contributed by atoms with E-state index in [0.29, 0.717) is 86.1 Å². The number of fused-ring (bicyclic) bond motifs is 1. The third-order valence-corrected chi connectivity index (χ3v) is 10.4. The number of amides is 2. The number of hydrogen-bond donors (Lipinski definition) is 3. The second-order valence-corrected chi connectivity index (χ2v) is 14.0. The first-order chi connectivity index (χ1) is 24.9. The van der Waals surface area contributed by atoms with Gasteiger partial charge in [-0.05, 0) is 37.5 Å². The first-order valence-corrected chi connectivity index (χ1v) is 17.6. The van der Waals surface area contributed by atoms with E-state index in [1.54, 1.807) is 31.4 Å². The molecule has 270 valence electrons. The highest BCUT2D eigenvalue weighted by atomic mass is 35.5. The van der Waals surface area contributed by atoms with Gasteiger partial charge < -0.3 is 25.4 Å². The van der Waals surface area contributed by atoms with Crippen molar-refractivity contribution in [2.45, 2.75) is 50.5 Å². The van der Waals surface area contributed by atoms with Gasteiger partial charge in [-0.3, -0.25) is 14.2 Å². The molecule has 12 nitrogen and oxygen atoms in total. The zero-order valence-corrected chi connectivity index (χ0v) is 30.0. The highest BCUT2D eigenvalue weighted by Crippen LogP contribution is 2.43. The summed E-state index contributed by atoms with van der Waals surface area (Å²) in [5, 5.41) is 21.2. The molecule has 5 aromatic rings. The van der Waals surface area contributed by atoms with Crippen LogP contribution < -0.4 is 20.9 Å². The van der Waals surface area contributed by atoms with Crippen LogP contribution in [0.3, 0.4) is 0 Å². The third-order valence-electron chi connectivity index (χ3n) is 9.62. The van der Waals surface area contributed by atoms with Crippen LogP contribution in [0.4, 0.5) is 9.18 Å². The average molecular weight is 749 g/mol. The van der Waals surface area contributed by atoms with E-state index in [2.05, 4.69) is 20.7 Å². The lowest BCUT2D eigenvalue weighted by Gasteiger charge is -2.23. The van der Waals surface area contributed by atoms with Gasteiger partial charge in [0.25, 0.3) is 5.56 Å². The van der Waals surface area contributed by atoms with E-state index in [1.807, 2.05) is 36.4 Å². The number of nitrogens with zero attached hydrogens (tertiary/aromatic N) is 5. The Balaban J connectivity index is 1.16. The lowest BCUT2D eigenvalue weighted by atomic mass is 9.97. The molecule has 2 amide bonds. The molecular formula is C37H36Cl2FN7O5. The molecule has 4 heterocycles. The van der Waals surface area contributed by atoms with Gasteiger partial charge in [-0.2, -0.15) is 5.10 Å². The number of halogens is 3. The topological polar surface area (TPSA) is 143 Å². The van der Waals surface area contributed by atoms with Crippen molar-refractivity contribution in [3.8, 4) is 39.4 Å². The summed E-state index contributed by atoms with van der Waals surface area (Å²) in [5.41, 5.74) is 3.30. The first kappa shape index (κ1) is 35.4. The highest BCUT2D eigenvalue weighted by molar-refractivity contribution is 6.39. The molecule has 15 heteroatoms. The molecule has 52 heavy (non-hydrogen) atoms. The summed E-state index contributed by atoms with van der Waals surface area (Å²) in [7, 11) is 3.11. The molecule has 1 unspecified atom stereocenters. The van der Waals surface area contributed by atoms with Gasteiger partial charge in [-0.1, -0.05) is 59.6 Å². The molecule has 0 bridgehead atoms. The number of carbonyl (C=O) groups excluding carboxylic acids is 1. The number of pyridine rings is 1. The highest BCUT2D eigenvalue weighted by Gasteiger charge is 2.42. The Morgan fingerprint density at radius 2 is 1.79 bits per heavy atom. The van der Waals surface area contributed by atoms with Crippen LogP contribution in [0.1, 0.15) is 37.1 Å². The van der Waals surface area contributed by atoms with Crippen molar-refractivity contribution in [1.82, 2.24) is 34.7 Å². The molecule has 2 aromatic carbocycles. The molecule has 7 rings (SSSR count). The van der Waals surface area contributed by atoms with Crippen molar-refractivity contribution in [2.24, 2.45) is 7.05 Å². The Bertz CT molecular complexity index is 2270. The largest absolute Gasteiger partial charge is 0.481 e. The number of methoxy groups -OCH3 is 1. The Labute approximate surface area is 308 Å². The number of alkyl halides is 1. The van der Waals surface area contributed by atoms with Crippen molar-refractivity contribution in [3.63, 3.8) is 0 Å². The van der Waals surface area contributed by atoms with Crippen molar-refractivity contribution in [3.05, 3.63) is 92.6 Å². The van der Waals surface area contributed by atoms with E-state index in [-0.39, 0.29) is 49.6 Å². The molecule has 1 aliphatic carbocycles. The minimum Gasteiger partial charge on any atom is -0.481 e. The lowest BCUT2D eigenvalue weighted by Crippen LogP contribution is -2.41. The molecule has 2 fully saturated rings. The van der Waals surface area contributed by atoms with E-state index >= 15 is 0 Å². The molecule has 1 saturated carbocycles. The second-order valence-electron chi connectivity index (χ2n) is 13.3. The van der Waals surface area contributed by atoms with Crippen molar-refractivity contribution < 1.29 is 23.8 Å². The Hall–Kier alpha value is -4.98. The van der Waals surface area contributed by atoms with Gasteiger partial charge in [-0.15, -0.1) is 0 Å². The number of hydrogen-bond acceptors (Lipinski definition) is 7. The summed E-state index contributed by atoms with van der Waals surface area (Å²) >= 11 is 14.1. The van der Waals surface area contributed by atoms with Gasteiger partial charge in [0.2, 0.25) is 11.8 Å². The standard InChI is InChI=1S/C37H36Cl2FN7O5/c1-45-30(16-41-20-37(40)13-14-37)44-47-18-22(15-29(47)35(45)49)24-5-3-6-25(32(24)38)26-7-4-8-27(33(26)39)28-11-9-21(34(43-28)52-2)17-46(36(50)51)19-23-10-12-31(48)42-23/h3-9,11,15,18,23,41H,10,12-14,16-17,19-20H2,1-2H3,(H,42,48)(H,50,51). The van der Waals surface area contributed by atoms with Gasteiger partial charge in [0.1, 0.15) is 17.0 Å². The zero-order valence-electron chi connectivity index (χ0n) is 28.5. The third kappa shape index (κ3) is 7.08. The molecule has 0 radical (unpaired) electrons. The maximum absolute atomic E-state index is 14.1. The number of rotatable bonds is 12. The lowest BCUT2D eigenvalue weighted by molar-refractivity contribution is -0.119. The number of benzene rings is 2. The fourth-order valence-electron chi connectivity index (χ4n) is 6.50. The van der Waals surface area contributed by atoms with Gasteiger partial charge in [-0.25, -0.2) is 18.7 Å². The summed E-state index contributed by atoms with van der Waals surface area (Å²) in [6.07, 6.45) is 2.65. The normalized spacial score (nSPS) is 16.2. The maximum Gasteiger partial charge on any atom is 0.407 e. The molecule has 2 aliphatic rings. The van der Waals surface area contributed by atoms with Crippen LogP contribution in [0.15, 0.2) is 65.6 Å². The van der Waals surface area contributed by atoms with Crippen LogP contribution in [0.5, 0.6) is 5.88 Å². The Kier molecular flexibility index (Phi) is 9.68. The van der Waals surface area contributed by atoms with E-state index in [1.165, 1.54) is 21.1 Å². The van der Waals surface area contributed by atoms with Gasteiger partial charge in [0, 0.05) is 72.2 Å². The maximum atomic E-state index is 14.1. The van der Waals surface area contributed by atoms with Crippen LogP contribution in [0.25, 0.3) is 39.0 Å². The molecule has 1 atom stereocenters. The zero-order chi connectivity index (χ0) is 36.7. The molecule has 1 saturated heterocycles. The van der Waals surface area contributed by atoms with E-state index < -0.39 is 11.8 Å². The number of carboxylic acid groups (broad SMARTS) is 1. The van der Waals surface area contributed by atoms with Crippen molar-refractivity contribution in [2.75, 3.05) is 20.2 Å². The van der Waals surface area contributed by atoms with Crippen LogP contribution in [-0.2, 0) is 24.9 Å². The minimum atomic E-state index is -1.16. The first-order valence-electron chi connectivity index (χ1n) is 16.8. The van der Waals surface area contributed by atoms with E-state index in [4.69, 9.17) is 27.9 Å². The molecule has 3 N–H and O–H groups in total. The molecule has 0 spiro atoms. The smallest absolute Gasteiger partial charge is 0.407 e. The summed E-state index contributed by atoms with van der Waals surface area (Å²) in [6, 6.07) is 16.1. The summed E-state index contributed by atoms with van der Waals surface area (Å²) in [5.74, 6) is 0.633. The molecular weight excluding hydrogens is 712 g/mol. The van der Waals surface area contributed by atoms with Gasteiger partial charge in [0.15, 0.2) is 0 Å². The summed E-state index contributed by atoms with van der Waals surface area (Å²) in [6.45, 7) is 0.626. The number of nitrogens with one attached hydrogen (secondary N) is 2. The van der Waals surface area contributed by atoms with Crippen LogP contribution >= 0.6 is 23.2 Å². The predicted octanol–water partition coefficient (Wildman–Crippen LogP) is 6.09. The second kappa shape index (κ2) is 14.2. The van der Waals surface area contributed by atoms with Crippen LogP contribution in [0.2, 0.25) is 10.0 Å². The number of ether oxygens (including phenoxy) is 1. The quantitative estimate of drug-likeness (QED) is 0.139. The fraction of sp³-hybridized carbons (Fsp3) is 0.324. The van der Waals surface area contributed by atoms with Gasteiger partial charge in [0.05, 0.1) is 35.9 Å².